The van der Waals surface area contributed by atoms with Crippen LogP contribution >= 0.6 is 11.6 Å². The number of alkyl halides is 3. The molecular weight excluding hydrogens is 398 g/mol. The van der Waals surface area contributed by atoms with Gasteiger partial charge in [-0.05, 0) is 42.3 Å². The molecule has 0 unspecified atom stereocenters. The maximum Gasteiger partial charge on any atom is 0.573 e. The third kappa shape index (κ3) is 4.43. The first-order chi connectivity index (χ1) is 13.3. The zero-order chi connectivity index (χ0) is 20.3. The number of hydrogen-bond acceptors (Lipinski definition) is 3. The van der Waals surface area contributed by atoms with Crippen molar-refractivity contribution in [2.75, 3.05) is 0 Å². The Labute approximate surface area is 161 Å². The number of nitriles is 1. The third-order valence-corrected chi connectivity index (χ3v) is 3.74. The van der Waals surface area contributed by atoms with E-state index in [1.165, 1.54) is 30.3 Å². The number of nitrogens with zero attached hydrogens (tertiary/aromatic N) is 2. The summed E-state index contributed by atoms with van der Waals surface area (Å²) in [7, 11) is 0. The molecule has 0 fully saturated rings. The van der Waals surface area contributed by atoms with Gasteiger partial charge >= 0.3 is 6.36 Å². The van der Waals surface area contributed by atoms with Gasteiger partial charge in [0, 0.05) is 5.56 Å². The molecule has 0 saturated carbocycles. The van der Waals surface area contributed by atoms with Gasteiger partial charge in [-0.3, -0.25) is 0 Å². The van der Waals surface area contributed by atoms with Crippen molar-refractivity contribution in [1.29, 1.82) is 5.26 Å². The Balaban J connectivity index is 1.90. The Bertz CT molecular complexity index is 1100. The fourth-order valence-corrected chi connectivity index (χ4v) is 2.51. The fraction of sp³-hybridized carbons (Fsp3) is 0.0526. The predicted molar refractivity (Wildman–Crippen MR) is 92.8 cm³/mol. The molecule has 0 bridgehead atoms. The molecule has 0 saturated heterocycles. The first-order valence-corrected chi connectivity index (χ1v) is 7.97. The molecule has 3 rings (SSSR count). The van der Waals surface area contributed by atoms with Gasteiger partial charge in [0.15, 0.2) is 5.69 Å². The van der Waals surface area contributed by atoms with Crippen molar-refractivity contribution in [3.8, 4) is 35.0 Å². The summed E-state index contributed by atoms with van der Waals surface area (Å²) in [5, 5.41) is 9.32. The van der Waals surface area contributed by atoms with E-state index >= 15 is 0 Å². The van der Waals surface area contributed by atoms with Gasteiger partial charge in [0.1, 0.15) is 29.2 Å². The predicted octanol–water partition coefficient (Wildman–Crippen LogP) is 5.04. The molecule has 4 nitrogen and oxygen atoms in total. The number of hydrogen-bond donors (Lipinski definition) is 1. The molecule has 9 heteroatoms. The standard InChI is InChI=1S/C19H8ClF4N3O/c20-13-2-1-3-14(21)17(13)18-26-15(16(10-25)27-18)9-6-11-4-7-12(8-5-11)28-19(22,23)24/h1-5,7-8H,(H,26,27). The zero-order valence-corrected chi connectivity index (χ0v) is 14.5. The Hall–Kier alpha value is -3.49. The van der Waals surface area contributed by atoms with E-state index in [-0.39, 0.29) is 33.5 Å². The molecule has 1 heterocycles. The SMILES string of the molecule is N#Cc1nc(-c2c(F)cccc2Cl)[nH]c1C#Cc1ccc(OC(F)(F)F)cc1. The molecule has 0 spiro atoms. The van der Waals surface area contributed by atoms with E-state index in [0.717, 1.165) is 12.1 Å². The van der Waals surface area contributed by atoms with Crippen LogP contribution in [0.4, 0.5) is 17.6 Å². The average Bonchev–Trinajstić information content (AvgIpc) is 3.02. The Kier molecular flexibility index (Phi) is 5.25. The van der Waals surface area contributed by atoms with Gasteiger partial charge in [-0.15, -0.1) is 13.2 Å². The second kappa shape index (κ2) is 7.63. The minimum atomic E-state index is -4.78. The van der Waals surface area contributed by atoms with Crippen LogP contribution in [0.15, 0.2) is 42.5 Å². The van der Waals surface area contributed by atoms with Crippen LogP contribution in [0, 0.1) is 29.0 Å². The molecule has 0 radical (unpaired) electrons. The molecular formula is C19H8ClF4N3O. The highest BCUT2D eigenvalue weighted by Crippen LogP contribution is 2.29. The van der Waals surface area contributed by atoms with Crippen LogP contribution in [0.1, 0.15) is 17.0 Å². The van der Waals surface area contributed by atoms with Gasteiger partial charge in [0.05, 0.1) is 10.6 Å². The van der Waals surface area contributed by atoms with Crippen molar-refractivity contribution >= 4 is 11.6 Å². The maximum atomic E-state index is 14.0. The molecule has 28 heavy (non-hydrogen) atoms. The van der Waals surface area contributed by atoms with Crippen LogP contribution in [0.5, 0.6) is 5.75 Å². The lowest BCUT2D eigenvalue weighted by Crippen LogP contribution is -2.16. The van der Waals surface area contributed by atoms with Gasteiger partial charge < -0.3 is 9.72 Å². The molecule has 0 aliphatic carbocycles. The number of imidazole rings is 1. The summed E-state index contributed by atoms with van der Waals surface area (Å²) in [5.74, 6) is 4.38. The number of nitrogens with one attached hydrogen (secondary N) is 1. The first kappa shape index (κ1) is 19.3. The van der Waals surface area contributed by atoms with E-state index < -0.39 is 12.2 Å². The molecule has 0 aliphatic rings. The summed E-state index contributed by atoms with van der Waals surface area (Å²) in [5.41, 5.74) is 0.423. The van der Waals surface area contributed by atoms with Crippen molar-refractivity contribution in [3.05, 3.63) is 70.3 Å². The Morgan fingerprint density at radius 1 is 1.07 bits per heavy atom. The average molecular weight is 406 g/mol. The summed E-state index contributed by atoms with van der Waals surface area (Å²) >= 11 is 5.99. The minimum absolute atomic E-state index is 0.00219. The van der Waals surface area contributed by atoms with Crippen LogP contribution in [0.3, 0.4) is 0 Å². The normalized spacial score (nSPS) is 10.7. The van der Waals surface area contributed by atoms with Gasteiger partial charge in [0.2, 0.25) is 0 Å². The quantitative estimate of drug-likeness (QED) is 0.480. The lowest BCUT2D eigenvalue weighted by molar-refractivity contribution is -0.274. The van der Waals surface area contributed by atoms with E-state index in [9.17, 15) is 22.8 Å². The molecule has 1 N–H and O–H groups in total. The molecule has 0 aliphatic heterocycles. The van der Waals surface area contributed by atoms with Crippen molar-refractivity contribution in [2.45, 2.75) is 6.36 Å². The lowest BCUT2D eigenvalue weighted by Gasteiger charge is -2.07. The van der Waals surface area contributed by atoms with Crippen molar-refractivity contribution < 1.29 is 22.3 Å². The first-order valence-electron chi connectivity index (χ1n) is 7.59. The van der Waals surface area contributed by atoms with Crippen LogP contribution in [-0.4, -0.2) is 16.3 Å². The Morgan fingerprint density at radius 2 is 1.79 bits per heavy atom. The Morgan fingerprint density at radius 3 is 2.39 bits per heavy atom. The number of aromatic nitrogens is 2. The molecule has 1 aromatic heterocycles. The van der Waals surface area contributed by atoms with E-state index in [4.69, 9.17) is 11.6 Å². The van der Waals surface area contributed by atoms with Crippen LogP contribution in [0.2, 0.25) is 5.02 Å². The molecule has 2 aromatic carbocycles. The molecule has 0 amide bonds. The third-order valence-electron chi connectivity index (χ3n) is 3.43. The number of H-pyrrole nitrogens is 1. The van der Waals surface area contributed by atoms with Crippen LogP contribution in [0.25, 0.3) is 11.4 Å². The summed E-state index contributed by atoms with van der Waals surface area (Å²) < 4.78 is 54.3. The number of ether oxygens (including phenoxy) is 1. The van der Waals surface area contributed by atoms with Crippen LogP contribution < -0.4 is 4.74 Å². The fourth-order valence-electron chi connectivity index (χ4n) is 2.26. The van der Waals surface area contributed by atoms with Crippen molar-refractivity contribution in [1.82, 2.24) is 9.97 Å². The highest BCUT2D eigenvalue weighted by Gasteiger charge is 2.30. The minimum Gasteiger partial charge on any atom is -0.406 e. The van der Waals surface area contributed by atoms with Gasteiger partial charge in [-0.25, -0.2) is 9.37 Å². The number of rotatable bonds is 2. The highest BCUT2D eigenvalue weighted by molar-refractivity contribution is 6.33. The zero-order valence-electron chi connectivity index (χ0n) is 13.7. The second-order valence-corrected chi connectivity index (χ2v) is 5.75. The van der Waals surface area contributed by atoms with Crippen molar-refractivity contribution in [3.63, 3.8) is 0 Å². The number of halogens is 5. The van der Waals surface area contributed by atoms with E-state index in [1.807, 2.05) is 6.07 Å². The summed E-state index contributed by atoms with van der Waals surface area (Å²) in [6.45, 7) is 0. The maximum absolute atomic E-state index is 14.0. The summed E-state index contributed by atoms with van der Waals surface area (Å²) in [6.07, 6.45) is -4.78. The van der Waals surface area contributed by atoms with E-state index in [1.54, 1.807) is 0 Å². The van der Waals surface area contributed by atoms with Gasteiger partial charge in [-0.1, -0.05) is 23.6 Å². The second-order valence-electron chi connectivity index (χ2n) is 5.34. The summed E-state index contributed by atoms with van der Waals surface area (Å²) in [4.78, 5) is 6.74. The van der Waals surface area contributed by atoms with Crippen molar-refractivity contribution in [2.24, 2.45) is 0 Å². The molecule has 0 atom stereocenters. The lowest BCUT2D eigenvalue weighted by atomic mass is 10.2. The molecule has 3 aromatic rings. The van der Waals surface area contributed by atoms with Crippen LogP contribution in [-0.2, 0) is 0 Å². The monoisotopic (exact) mass is 405 g/mol. The van der Waals surface area contributed by atoms with Gasteiger partial charge in [-0.2, -0.15) is 5.26 Å². The largest absolute Gasteiger partial charge is 0.573 e. The summed E-state index contributed by atoms with van der Waals surface area (Å²) in [6, 6.07) is 10.8. The van der Waals surface area contributed by atoms with E-state index in [2.05, 4.69) is 26.5 Å². The van der Waals surface area contributed by atoms with E-state index in [0.29, 0.717) is 5.56 Å². The number of benzene rings is 2. The number of aromatic amines is 1. The van der Waals surface area contributed by atoms with Gasteiger partial charge in [0.25, 0.3) is 0 Å². The smallest absolute Gasteiger partial charge is 0.406 e. The highest BCUT2D eigenvalue weighted by atomic mass is 35.5. The molecule has 140 valence electrons. The topological polar surface area (TPSA) is 61.7 Å².